The summed E-state index contributed by atoms with van der Waals surface area (Å²) in [6, 6.07) is 4.82. The van der Waals surface area contributed by atoms with Crippen LogP contribution in [0.15, 0.2) is 18.2 Å². The molecule has 2 amide bonds. The highest BCUT2D eigenvalue weighted by molar-refractivity contribution is 5.99. The lowest BCUT2D eigenvalue weighted by Gasteiger charge is -2.24. The molecule has 0 saturated heterocycles. The van der Waals surface area contributed by atoms with Gasteiger partial charge >= 0.3 is 0 Å². The first-order valence-electron chi connectivity index (χ1n) is 8.96. The summed E-state index contributed by atoms with van der Waals surface area (Å²) >= 11 is 0. The first kappa shape index (κ1) is 18.5. The summed E-state index contributed by atoms with van der Waals surface area (Å²) in [7, 11) is 0. The SMILES string of the molecule is CCNC(=O)c1ccc(C)c(NC(=O)C(N)CC2CCCCC2)c1. The first-order chi connectivity index (χ1) is 11.5. The van der Waals surface area contributed by atoms with E-state index in [4.69, 9.17) is 5.73 Å². The number of anilines is 1. The summed E-state index contributed by atoms with van der Waals surface area (Å²) in [5.41, 5.74) is 8.21. The van der Waals surface area contributed by atoms with Crippen LogP contribution in [0.2, 0.25) is 0 Å². The number of amides is 2. The zero-order valence-corrected chi connectivity index (χ0v) is 14.7. The number of nitrogens with two attached hydrogens (primary N) is 1. The quantitative estimate of drug-likeness (QED) is 0.749. The van der Waals surface area contributed by atoms with Gasteiger partial charge in [-0.25, -0.2) is 0 Å². The molecule has 1 aromatic rings. The number of benzene rings is 1. The van der Waals surface area contributed by atoms with Gasteiger partial charge in [-0.2, -0.15) is 0 Å². The molecular weight excluding hydrogens is 302 g/mol. The van der Waals surface area contributed by atoms with E-state index in [-0.39, 0.29) is 11.8 Å². The highest BCUT2D eigenvalue weighted by Crippen LogP contribution is 2.27. The molecule has 24 heavy (non-hydrogen) atoms. The van der Waals surface area contributed by atoms with Crippen LogP contribution in [0, 0.1) is 12.8 Å². The summed E-state index contributed by atoms with van der Waals surface area (Å²) in [6.07, 6.45) is 6.86. The Bertz CT molecular complexity index is 580. The van der Waals surface area contributed by atoms with Gasteiger partial charge in [0.25, 0.3) is 5.91 Å². The van der Waals surface area contributed by atoms with Crippen molar-refractivity contribution in [3.63, 3.8) is 0 Å². The van der Waals surface area contributed by atoms with Gasteiger partial charge in [0, 0.05) is 17.8 Å². The zero-order chi connectivity index (χ0) is 17.5. The predicted octanol–water partition coefficient (Wildman–Crippen LogP) is 2.98. The van der Waals surface area contributed by atoms with E-state index < -0.39 is 6.04 Å². The van der Waals surface area contributed by atoms with Crippen LogP contribution in [-0.4, -0.2) is 24.4 Å². The predicted molar refractivity (Wildman–Crippen MR) is 97.0 cm³/mol. The minimum Gasteiger partial charge on any atom is -0.352 e. The van der Waals surface area contributed by atoms with Gasteiger partial charge in [-0.05, 0) is 43.9 Å². The van der Waals surface area contributed by atoms with Gasteiger partial charge in [0.2, 0.25) is 5.91 Å². The molecule has 0 bridgehead atoms. The summed E-state index contributed by atoms with van der Waals surface area (Å²) in [5.74, 6) is 0.249. The molecule has 1 fully saturated rings. The van der Waals surface area contributed by atoms with E-state index in [1.54, 1.807) is 12.1 Å². The van der Waals surface area contributed by atoms with Crippen LogP contribution >= 0.6 is 0 Å². The Kier molecular flexibility index (Phi) is 6.79. The number of carbonyl (C=O) groups is 2. The van der Waals surface area contributed by atoms with Crippen LogP contribution < -0.4 is 16.4 Å². The maximum atomic E-state index is 12.4. The molecule has 5 heteroatoms. The van der Waals surface area contributed by atoms with Crippen molar-refractivity contribution in [3.05, 3.63) is 29.3 Å². The van der Waals surface area contributed by atoms with E-state index >= 15 is 0 Å². The number of hydrogen-bond acceptors (Lipinski definition) is 3. The molecule has 0 spiro atoms. The third-order valence-electron chi connectivity index (χ3n) is 4.74. The Morgan fingerprint density at radius 1 is 1.25 bits per heavy atom. The molecule has 1 aromatic carbocycles. The number of nitrogens with one attached hydrogen (secondary N) is 2. The Morgan fingerprint density at radius 3 is 2.62 bits per heavy atom. The van der Waals surface area contributed by atoms with Crippen LogP contribution in [-0.2, 0) is 4.79 Å². The maximum absolute atomic E-state index is 12.4. The lowest BCUT2D eigenvalue weighted by molar-refractivity contribution is -0.117. The third kappa shape index (κ3) is 5.06. The van der Waals surface area contributed by atoms with Gasteiger partial charge in [-0.15, -0.1) is 0 Å². The average Bonchev–Trinajstić information content (AvgIpc) is 2.57. The van der Waals surface area contributed by atoms with E-state index in [1.807, 2.05) is 19.9 Å². The number of aryl methyl sites for hydroxylation is 1. The standard InChI is InChI=1S/C19H29N3O2/c1-3-21-18(23)15-10-9-13(2)17(12-15)22-19(24)16(20)11-14-7-5-4-6-8-14/h9-10,12,14,16H,3-8,11,20H2,1-2H3,(H,21,23)(H,22,24). The Labute approximate surface area is 144 Å². The van der Waals surface area contributed by atoms with Crippen LogP contribution in [0.25, 0.3) is 0 Å². The second-order valence-electron chi connectivity index (χ2n) is 6.72. The molecule has 1 atom stereocenters. The Balaban J connectivity index is 1.99. The van der Waals surface area contributed by atoms with Crippen LogP contribution in [0.5, 0.6) is 0 Å². The van der Waals surface area contributed by atoms with Crippen LogP contribution in [0.3, 0.4) is 0 Å². The number of hydrogen-bond donors (Lipinski definition) is 3. The fourth-order valence-electron chi connectivity index (χ4n) is 3.27. The highest BCUT2D eigenvalue weighted by atomic mass is 16.2. The zero-order valence-electron chi connectivity index (χ0n) is 14.7. The van der Waals surface area contributed by atoms with E-state index in [1.165, 1.54) is 32.1 Å². The minimum absolute atomic E-state index is 0.139. The second kappa shape index (κ2) is 8.83. The fraction of sp³-hybridized carbons (Fsp3) is 0.579. The molecule has 1 saturated carbocycles. The van der Waals surface area contributed by atoms with Crippen molar-refractivity contribution >= 4 is 17.5 Å². The van der Waals surface area contributed by atoms with E-state index in [2.05, 4.69) is 10.6 Å². The number of rotatable bonds is 6. The van der Waals surface area contributed by atoms with E-state index in [0.29, 0.717) is 23.7 Å². The Hall–Kier alpha value is -1.88. The largest absolute Gasteiger partial charge is 0.352 e. The molecule has 1 unspecified atom stereocenters. The highest BCUT2D eigenvalue weighted by Gasteiger charge is 2.22. The maximum Gasteiger partial charge on any atom is 0.251 e. The summed E-state index contributed by atoms with van der Waals surface area (Å²) in [4.78, 5) is 24.4. The van der Waals surface area contributed by atoms with Gasteiger partial charge in [0.15, 0.2) is 0 Å². The van der Waals surface area contributed by atoms with Crippen molar-refractivity contribution in [3.8, 4) is 0 Å². The molecule has 0 aliphatic heterocycles. The van der Waals surface area contributed by atoms with Gasteiger partial charge in [0.1, 0.15) is 0 Å². The topological polar surface area (TPSA) is 84.2 Å². The average molecular weight is 331 g/mol. The minimum atomic E-state index is -0.499. The summed E-state index contributed by atoms with van der Waals surface area (Å²) < 4.78 is 0. The summed E-state index contributed by atoms with van der Waals surface area (Å²) in [6.45, 7) is 4.35. The van der Waals surface area contributed by atoms with Gasteiger partial charge in [-0.1, -0.05) is 38.2 Å². The van der Waals surface area contributed by atoms with Crippen molar-refractivity contribution in [2.24, 2.45) is 11.7 Å². The van der Waals surface area contributed by atoms with Crippen molar-refractivity contribution in [2.45, 2.75) is 58.4 Å². The smallest absolute Gasteiger partial charge is 0.251 e. The molecular formula is C19H29N3O2. The molecule has 0 radical (unpaired) electrons. The van der Waals surface area contributed by atoms with Crippen molar-refractivity contribution in [1.82, 2.24) is 5.32 Å². The molecule has 4 N–H and O–H groups in total. The monoisotopic (exact) mass is 331 g/mol. The van der Waals surface area contributed by atoms with Gasteiger partial charge < -0.3 is 16.4 Å². The fourth-order valence-corrected chi connectivity index (χ4v) is 3.27. The third-order valence-corrected chi connectivity index (χ3v) is 4.74. The van der Waals surface area contributed by atoms with E-state index in [0.717, 1.165) is 12.0 Å². The lowest BCUT2D eigenvalue weighted by atomic mass is 9.85. The Morgan fingerprint density at radius 2 is 1.96 bits per heavy atom. The van der Waals surface area contributed by atoms with Crippen molar-refractivity contribution in [1.29, 1.82) is 0 Å². The molecule has 0 aromatic heterocycles. The molecule has 132 valence electrons. The summed E-state index contributed by atoms with van der Waals surface area (Å²) in [5, 5.41) is 5.66. The molecule has 5 nitrogen and oxygen atoms in total. The second-order valence-corrected chi connectivity index (χ2v) is 6.72. The van der Waals surface area contributed by atoms with Gasteiger partial charge in [0.05, 0.1) is 6.04 Å². The number of carbonyl (C=O) groups excluding carboxylic acids is 2. The molecule has 1 aliphatic carbocycles. The van der Waals surface area contributed by atoms with Crippen molar-refractivity contribution in [2.75, 3.05) is 11.9 Å². The van der Waals surface area contributed by atoms with Crippen LogP contribution in [0.4, 0.5) is 5.69 Å². The lowest BCUT2D eigenvalue weighted by Crippen LogP contribution is -2.37. The van der Waals surface area contributed by atoms with E-state index in [9.17, 15) is 9.59 Å². The van der Waals surface area contributed by atoms with Crippen LogP contribution in [0.1, 0.15) is 61.4 Å². The molecule has 1 aliphatic rings. The normalized spacial score (nSPS) is 16.5. The van der Waals surface area contributed by atoms with Crippen molar-refractivity contribution < 1.29 is 9.59 Å². The van der Waals surface area contributed by atoms with Gasteiger partial charge in [-0.3, -0.25) is 9.59 Å². The molecule has 0 heterocycles. The first-order valence-corrected chi connectivity index (χ1v) is 8.96. The molecule has 2 rings (SSSR count).